The fourth-order valence-electron chi connectivity index (χ4n) is 11.7. The molecule has 2 unspecified atom stereocenters. The van der Waals surface area contributed by atoms with Crippen LogP contribution in [-0.2, 0) is 89.7 Å². The van der Waals surface area contributed by atoms with Crippen molar-refractivity contribution in [3.8, 4) is 0 Å². The van der Waals surface area contributed by atoms with Crippen molar-refractivity contribution in [3.05, 3.63) is 59.3 Å². The van der Waals surface area contributed by atoms with Gasteiger partial charge >= 0.3 is 19.9 Å². The molecule has 5 amide bonds. The molecule has 0 radical (unpaired) electrons. The number of hydrogen-bond donors (Lipinski definition) is 17. The quantitative estimate of drug-likeness (QED) is 0.0222. The van der Waals surface area contributed by atoms with E-state index in [2.05, 4.69) is 70.1 Å². The van der Waals surface area contributed by atoms with Crippen molar-refractivity contribution in [1.29, 1.82) is 0 Å². The number of ether oxygens (including phenoxy) is 11. The molecular weight excluding hydrogens is 1380 g/mol. The van der Waals surface area contributed by atoms with E-state index in [1.165, 1.54) is 18.1 Å². The van der Waals surface area contributed by atoms with E-state index in [9.17, 15) is 89.3 Å². The molecule has 5 heterocycles. The van der Waals surface area contributed by atoms with Gasteiger partial charge in [0.05, 0.1) is 38.6 Å². The number of carbonyl (C=O) groups excluding carboxylic acids is 5. The summed E-state index contributed by atoms with van der Waals surface area (Å²) in [6, 6.07) is -5.47. The third-order valence-corrected chi connectivity index (χ3v) is 18.6. The number of rotatable bonds is 36. The predicted molar refractivity (Wildman–Crippen MR) is 351 cm³/mol. The summed E-state index contributed by atoms with van der Waals surface area (Å²) >= 11 is 0. The lowest BCUT2D eigenvalue weighted by Crippen LogP contribution is -2.72. The van der Waals surface area contributed by atoms with Crippen LogP contribution in [0, 0.1) is 5.41 Å². The molecule has 5 aliphatic heterocycles. The average Bonchev–Trinajstić information content (AvgIpc) is 0.750. The summed E-state index contributed by atoms with van der Waals surface area (Å²) in [6.07, 6.45) is -30.5. The standard InChI is InChI=1S/C64H105N6O31P/c1-28(2)15-14-17-29(3)18-19-31(5)20-23-63(9,10)22-13-12-16-30(4)21-24-89-37(56(83)84)27-91-102(87,88)101-61-51(52(100-62(68)85)64(11,86)53(99-61)55(67)82)98-59-40(70-34(8)73)44(77)49(36(94-59)26-90-57-38(65)42(75)41(74)35(25-71)93-57)96-58-39(69-33(7)72)43(76)48(32(6)92-58)95-60-47(80)45(78)46(79)50(97-60)54(66)81/h13,15,18,21-22,32,35-53,57-61,71,74-80,86H,5,12,14,16-17,19-20,23-27,65H2,1-4,6-11H3,(H2,66,81)(H2,67,82)(H2,68,85)(H,69,72)(H,70,73)(H,83,84)(H,87,88)/b22-13+,29-18+,30-21+/t32-,35-,36-,37?,38-,39-,40-,41-,42-,43-,44+,45-,46+,47+,48-,49-,50-,51-,52-,53-,57-,58+,59+,60+,61-,64+/m1/s1. The van der Waals surface area contributed by atoms with Crippen molar-refractivity contribution >= 4 is 43.5 Å². The molecule has 38 heteroatoms. The zero-order valence-electron chi connectivity index (χ0n) is 58.6. The Morgan fingerprint density at radius 1 is 0.686 bits per heavy atom. The molecule has 5 aliphatic rings. The minimum atomic E-state index is -5.81. The Labute approximate surface area is 589 Å². The summed E-state index contributed by atoms with van der Waals surface area (Å²) in [5, 5.41) is 115. The monoisotopic (exact) mass is 1480 g/mol. The summed E-state index contributed by atoms with van der Waals surface area (Å²) < 4.78 is 88.7. The molecular formula is C64H105N6O31P. The first-order valence-electron chi connectivity index (χ1n) is 33.1. The van der Waals surface area contributed by atoms with Gasteiger partial charge in [-0.05, 0) is 91.9 Å². The van der Waals surface area contributed by atoms with Gasteiger partial charge < -0.3 is 142 Å². The van der Waals surface area contributed by atoms with Gasteiger partial charge in [0.1, 0.15) is 84.8 Å². The molecule has 37 nitrogen and oxygen atoms in total. The van der Waals surface area contributed by atoms with E-state index >= 15 is 0 Å². The topological polar surface area (TPSA) is 590 Å². The number of amides is 5. The highest BCUT2D eigenvalue weighted by Crippen LogP contribution is 2.49. The van der Waals surface area contributed by atoms with Crippen molar-refractivity contribution in [2.75, 3.05) is 26.4 Å². The van der Waals surface area contributed by atoms with E-state index in [1.807, 2.05) is 6.08 Å². The molecule has 0 aromatic heterocycles. The first-order valence-corrected chi connectivity index (χ1v) is 34.6. The van der Waals surface area contributed by atoms with Gasteiger partial charge in [0.2, 0.25) is 23.6 Å². The van der Waals surface area contributed by atoms with Crippen molar-refractivity contribution in [2.24, 2.45) is 28.3 Å². The maximum absolute atomic E-state index is 14.1. The van der Waals surface area contributed by atoms with Crippen LogP contribution >= 0.6 is 7.82 Å². The van der Waals surface area contributed by atoms with Gasteiger partial charge in [0.15, 0.2) is 62.0 Å². The molecule has 5 saturated heterocycles. The van der Waals surface area contributed by atoms with Gasteiger partial charge in [-0.15, -0.1) is 0 Å². The lowest BCUT2D eigenvalue weighted by Gasteiger charge is -2.52. The number of carboxylic acid groups (broad SMARTS) is 1. The third kappa shape index (κ3) is 24.6. The molecule has 582 valence electrons. The number of allylic oxidation sites excluding steroid dienone is 8. The zero-order valence-corrected chi connectivity index (χ0v) is 59.5. The summed E-state index contributed by atoms with van der Waals surface area (Å²) in [4.78, 5) is 87.8. The molecule has 0 bridgehead atoms. The number of carbonyl (C=O) groups is 6. The van der Waals surface area contributed by atoms with Crippen LogP contribution in [0.2, 0.25) is 0 Å². The lowest BCUT2D eigenvalue weighted by atomic mass is 9.85. The normalized spacial score (nSPS) is 36.4. The first kappa shape index (κ1) is 87.3. The molecule has 0 spiro atoms. The second-order valence-electron chi connectivity index (χ2n) is 27.1. The highest BCUT2D eigenvalue weighted by atomic mass is 31.2. The number of nitrogens with one attached hydrogen (secondary N) is 2. The van der Waals surface area contributed by atoms with Crippen LogP contribution in [0.1, 0.15) is 114 Å². The molecule has 5 rings (SSSR count). The molecule has 21 N–H and O–H groups in total. The van der Waals surface area contributed by atoms with E-state index in [0.29, 0.717) is 12.8 Å². The second kappa shape index (κ2) is 38.8. The highest BCUT2D eigenvalue weighted by Gasteiger charge is 2.62. The lowest BCUT2D eigenvalue weighted by molar-refractivity contribution is -0.373. The number of nitrogens with two attached hydrogens (primary N) is 4. The van der Waals surface area contributed by atoms with Gasteiger partial charge in [0, 0.05) is 13.8 Å². The molecule has 0 aromatic carbocycles. The Bertz CT molecular complexity index is 3010. The van der Waals surface area contributed by atoms with Crippen molar-refractivity contribution in [2.45, 2.75) is 273 Å². The minimum Gasteiger partial charge on any atom is -0.479 e. The number of phosphoric acid groups is 1. The maximum Gasteiger partial charge on any atom is 0.474 e. The van der Waals surface area contributed by atoms with Crippen LogP contribution in [0.25, 0.3) is 0 Å². The van der Waals surface area contributed by atoms with E-state index < -0.39 is 222 Å². The Hall–Kier alpha value is -5.37. The Morgan fingerprint density at radius 3 is 1.84 bits per heavy atom. The Morgan fingerprint density at radius 2 is 1.26 bits per heavy atom. The van der Waals surface area contributed by atoms with Crippen LogP contribution in [0.4, 0.5) is 4.79 Å². The van der Waals surface area contributed by atoms with Gasteiger partial charge in [-0.3, -0.25) is 28.2 Å². The SMILES string of the molecule is C=C(C/C=C(\C)CCC=C(C)C)CCC(C)(C)/C=C/CC/C(C)=C/COC(COP(=O)(O)O[C@H]1O[C@H](C(N)=O)[C@@](C)(O)[C@H](OC(N)=O)[C@H]1O[C@@H]1O[C@H](CO[C@@H]2O[C@H](CO)[C@@H](O)[C@H](O)[C@H]2N)[C@@H](O[C@@H]2O[C@H](C)[C@@H](O[C@H]3O[C@@H](C(N)=O)[C@@H](O)[C@@H](O)[C@@H]3O)[C@H](O)[C@H]2NC(C)=O)[C@@H](O)[C@H]1NC(C)=O)C(=O)O. The van der Waals surface area contributed by atoms with Gasteiger partial charge in [-0.25, -0.2) is 14.2 Å². The number of primary amides is 3. The number of aliphatic hydroxyl groups excluding tert-OH is 8. The number of carboxylic acids is 1. The molecule has 0 aliphatic carbocycles. The summed E-state index contributed by atoms with van der Waals surface area (Å²) in [7, 11) is -5.81. The third-order valence-electron chi connectivity index (χ3n) is 17.6. The molecule has 5 fully saturated rings. The van der Waals surface area contributed by atoms with Crippen LogP contribution in [0.15, 0.2) is 59.3 Å². The van der Waals surface area contributed by atoms with E-state index in [0.717, 1.165) is 64.0 Å². The van der Waals surface area contributed by atoms with Crippen LogP contribution in [0.3, 0.4) is 0 Å². The fourth-order valence-corrected chi connectivity index (χ4v) is 12.6. The summed E-state index contributed by atoms with van der Waals surface area (Å²) in [5.41, 5.74) is 24.1. The fraction of sp³-hybridized carbons (Fsp3) is 0.750. The molecule has 27 atom stereocenters. The van der Waals surface area contributed by atoms with Crippen molar-refractivity contribution in [3.63, 3.8) is 0 Å². The first-order chi connectivity index (χ1) is 47.5. The minimum absolute atomic E-state index is 0.135. The second-order valence-corrected chi connectivity index (χ2v) is 28.5. The smallest absolute Gasteiger partial charge is 0.474 e. The van der Waals surface area contributed by atoms with Gasteiger partial charge in [-0.2, -0.15) is 0 Å². The number of phosphoric ester groups is 1. The van der Waals surface area contributed by atoms with Crippen LogP contribution < -0.4 is 33.6 Å². The van der Waals surface area contributed by atoms with Crippen molar-refractivity contribution in [1.82, 2.24) is 10.6 Å². The Kier molecular flexibility index (Phi) is 33.2. The highest BCUT2D eigenvalue weighted by molar-refractivity contribution is 7.47. The number of hydrogen-bond acceptors (Lipinski definition) is 30. The molecule has 0 aromatic rings. The predicted octanol–water partition coefficient (Wildman–Crippen LogP) is -2.82. The van der Waals surface area contributed by atoms with E-state index in [4.69, 9.17) is 84.1 Å². The zero-order chi connectivity index (χ0) is 76.6. The van der Waals surface area contributed by atoms with Crippen LogP contribution in [-0.4, -0.2) is 277 Å². The van der Waals surface area contributed by atoms with E-state index in [1.54, 1.807) is 13.0 Å². The largest absolute Gasteiger partial charge is 0.479 e. The van der Waals surface area contributed by atoms with Gasteiger partial charge in [0.25, 0.3) is 0 Å². The average molecular weight is 1490 g/mol. The molecule has 102 heavy (non-hydrogen) atoms. The number of aliphatic hydroxyl groups is 9. The maximum atomic E-state index is 14.1. The Balaban J connectivity index is 1.41. The summed E-state index contributed by atoms with van der Waals surface area (Å²) in [6.45, 7) is 17.2. The number of aliphatic carboxylic acids is 1. The van der Waals surface area contributed by atoms with Crippen molar-refractivity contribution < 1.29 is 150 Å². The van der Waals surface area contributed by atoms with Gasteiger partial charge in [-0.1, -0.05) is 73.1 Å². The van der Waals surface area contributed by atoms with Crippen LogP contribution in [0.5, 0.6) is 0 Å². The summed E-state index contributed by atoms with van der Waals surface area (Å²) in [5.74, 6) is -6.35. The van der Waals surface area contributed by atoms with E-state index in [-0.39, 0.29) is 12.0 Å². The molecule has 0 saturated carbocycles.